The number of benzene rings is 2. The number of hydrogen-bond donors (Lipinski definition) is 1. The summed E-state index contributed by atoms with van der Waals surface area (Å²) in [6, 6.07) is 15.5. The summed E-state index contributed by atoms with van der Waals surface area (Å²) in [7, 11) is 0. The van der Waals surface area contributed by atoms with E-state index in [2.05, 4.69) is 20.4 Å². The first-order valence-electron chi connectivity index (χ1n) is 9.42. The summed E-state index contributed by atoms with van der Waals surface area (Å²) in [6.45, 7) is 2.26. The molecule has 2 aromatic heterocycles. The maximum atomic E-state index is 13.0. The molecule has 1 amide bonds. The standard InChI is InChI=1S/C23H19FN4O2/c1-15-10-21(30-28-15)20-13-25-14-27-23(20)18-6-2-17(3-7-18)12-26-22(29)11-16-4-8-19(24)9-5-16/h2-10,13-14H,11-12H2,1H3,(H,26,29). The maximum Gasteiger partial charge on any atom is 0.224 e. The van der Waals surface area contributed by atoms with Crippen LogP contribution < -0.4 is 5.32 Å². The first kappa shape index (κ1) is 19.4. The summed E-state index contributed by atoms with van der Waals surface area (Å²) >= 11 is 0. The number of aryl methyl sites for hydroxylation is 1. The van der Waals surface area contributed by atoms with Crippen molar-refractivity contribution in [2.24, 2.45) is 0 Å². The van der Waals surface area contributed by atoms with Crippen molar-refractivity contribution < 1.29 is 13.7 Å². The van der Waals surface area contributed by atoms with Gasteiger partial charge in [-0.25, -0.2) is 14.4 Å². The van der Waals surface area contributed by atoms with Gasteiger partial charge in [0.05, 0.1) is 23.4 Å². The van der Waals surface area contributed by atoms with Crippen LogP contribution in [0.15, 0.2) is 71.6 Å². The molecular weight excluding hydrogens is 383 g/mol. The predicted octanol–water partition coefficient (Wildman–Crippen LogP) is 4.11. The van der Waals surface area contributed by atoms with Crippen molar-refractivity contribution in [3.63, 3.8) is 0 Å². The Labute approximate surface area is 172 Å². The third-order valence-electron chi connectivity index (χ3n) is 4.60. The highest BCUT2D eigenvalue weighted by molar-refractivity contribution is 5.79. The van der Waals surface area contributed by atoms with Crippen molar-refractivity contribution in [3.05, 3.63) is 89.8 Å². The van der Waals surface area contributed by atoms with E-state index in [0.29, 0.717) is 12.3 Å². The molecule has 0 bridgehead atoms. The van der Waals surface area contributed by atoms with Crippen molar-refractivity contribution in [3.8, 4) is 22.6 Å². The average molecular weight is 402 g/mol. The number of rotatable bonds is 6. The Kier molecular flexibility index (Phi) is 5.61. The number of carbonyl (C=O) groups is 1. The fourth-order valence-corrected chi connectivity index (χ4v) is 3.06. The monoisotopic (exact) mass is 402 g/mol. The lowest BCUT2D eigenvalue weighted by Crippen LogP contribution is -2.24. The molecule has 0 spiro atoms. The maximum absolute atomic E-state index is 13.0. The molecule has 30 heavy (non-hydrogen) atoms. The lowest BCUT2D eigenvalue weighted by atomic mass is 10.0. The van der Waals surface area contributed by atoms with E-state index in [1.807, 2.05) is 37.3 Å². The van der Waals surface area contributed by atoms with Crippen molar-refractivity contribution in [1.82, 2.24) is 20.4 Å². The molecule has 0 fully saturated rings. The SMILES string of the molecule is Cc1cc(-c2cncnc2-c2ccc(CNC(=O)Cc3ccc(F)cc3)cc2)on1. The lowest BCUT2D eigenvalue weighted by molar-refractivity contribution is -0.120. The van der Waals surface area contributed by atoms with Crippen LogP contribution in [0.4, 0.5) is 4.39 Å². The molecule has 0 aliphatic heterocycles. The first-order valence-corrected chi connectivity index (χ1v) is 9.42. The number of halogens is 1. The van der Waals surface area contributed by atoms with Crippen LogP contribution >= 0.6 is 0 Å². The Bertz CT molecular complexity index is 1150. The van der Waals surface area contributed by atoms with Gasteiger partial charge in [-0.1, -0.05) is 41.6 Å². The molecule has 1 N–H and O–H groups in total. The highest BCUT2D eigenvalue weighted by atomic mass is 19.1. The topological polar surface area (TPSA) is 80.9 Å². The van der Waals surface area contributed by atoms with Gasteiger partial charge >= 0.3 is 0 Å². The average Bonchev–Trinajstić information content (AvgIpc) is 3.20. The van der Waals surface area contributed by atoms with E-state index < -0.39 is 0 Å². The summed E-state index contributed by atoms with van der Waals surface area (Å²) < 4.78 is 18.3. The number of aromatic nitrogens is 3. The van der Waals surface area contributed by atoms with E-state index in [-0.39, 0.29) is 18.1 Å². The molecule has 150 valence electrons. The second-order valence-electron chi connectivity index (χ2n) is 6.89. The summed E-state index contributed by atoms with van der Waals surface area (Å²) in [5, 5.41) is 6.81. The van der Waals surface area contributed by atoms with Gasteiger partial charge in [-0.2, -0.15) is 0 Å². The summed E-state index contributed by atoms with van der Waals surface area (Å²) in [5.74, 6) is 0.175. The molecule has 0 unspecified atom stereocenters. The number of nitrogens with one attached hydrogen (secondary N) is 1. The number of carbonyl (C=O) groups excluding carboxylic acids is 1. The fraction of sp³-hybridized carbons (Fsp3) is 0.130. The van der Waals surface area contributed by atoms with Crippen LogP contribution in [0.1, 0.15) is 16.8 Å². The molecule has 7 heteroatoms. The molecule has 2 heterocycles. The first-order chi connectivity index (χ1) is 14.6. The molecule has 4 rings (SSSR count). The fourth-order valence-electron chi connectivity index (χ4n) is 3.06. The molecule has 2 aromatic carbocycles. The van der Waals surface area contributed by atoms with Gasteiger partial charge in [0.1, 0.15) is 12.1 Å². The van der Waals surface area contributed by atoms with Gasteiger partial charge in [-0.15, -0.1) is 0 Å². The molecule has 0 aliphatic rings. The van der Waals surface area contributed by atoms with Crippen LogP contribution in [-0.2, 0) is 17.8 Å². The van der Waals surface area contributed by atoms with E-state index >= 15 is 0 Å². The molecule has 0 saturated heterocycles. The van der Waals surface area contributed by atoms with Crippen LogP contribution in [-0.4, -0.2) is 21.0 Å². The Balaban J connectivity index is 1.42. The Hall–Kier alpha value is -3.87. The molecule has 0 atom stereocenters. The zero-order valence-corrected chi connectivity index (χ0v) is 16.3. The summed E-state index contributed by atoms with van der Waals surface area (Å²) in [6.07, 6.45) is 3.40. The van der Waals surface area contributed by atoms with Crippen molar-refractivity contribution in [2.45, 2.75) is 19.9 Å². The van der Waals surface area contributed by atoms with Crippen LogP contribution in [0.5, 0.6) is 0 Å². The number of nitrogens with zero attached hydrogens (tertiary/aromatic N) is 3. The van der Waals surface area contributed by atoms with Crippen molar-refractivity contribution in [2.75, 3.05) is 0 Å². The summed E-state index contributed by atoms with van der Waals surface area (Å²) in [4.78, 5) is 20.6. The normalized spacial score (nSPS) is 10.7. The Morgan fingerprint density at radius 1 is 1.07 bits per heavy atom. The van der Waals surface area contributed by atoms with E-state index in [0.717, 1.165) is 33.6 Å². The minimum atomic E-state index is -0.315. The molecule has 0 aliphatic carbocycles. The van der Waals surface area contributed by atoms with E-state index in [1.165, 1.54) is 18.5 Å². The van der Waals surface area contributed by atoms with Gasteiger partial charge in [0.2, 0.25) is 5.91 Å². The van der Waals surface area contributed by atoms with Gasteiger partial charge in [-0.3, -0.25) is 4.79 Å². The molecule has 6 nitrogen and oxygen atoms in total. The van der Waals surface area contributed by atoms with Crippen molar-refractivity contribution >= 4 is 5.91 Å². The smallest absolute Gasteiger partial charge is 0.224 e. The minimum absolute atomic E-state index is 0.121. The van der Waals surface area contributed by atoms with Crippen molar-refractivity contribution in [1.29, 1.82) is 0 Å². The highest BCUT2D eigenvalue weighted by Crippen LogP contribution is 2.30. The minimum Gasteiger partial charge on any atom is -0.356 e. The second kappa shape index (κ2) is 8.65. The van der Waals surface area contributed by atoms with Crippen LogP contribution in [0.25, 0.3) is 22.6 Å². The Morgan fingerprint density at radius 3 is 2.50 bits per heavy atom. The molecule has 0 radical (unpaired) electrons. The van der Waals surface area contributed by atoms with E-state index in [1.54, 1.807) is 18.3 Å². The highest BCUT2D eigenvalue weighted by Gasteiger charge is 2.13. The van der Waals surface area contributed by atoms with Gasteiger partial charge in [-0.05, 0) is 30.2 Å². The number of amides is 1. The molecule has 4 aromatic rings. The third kappa shape index (κ3) is 4.57. The number of hydrogen-bond acceptors (Lipinski definition) is 5. The predicted molar refractivity (Wildman–Crippen MR) is 110 cm³/mol. The third-order valence-corrected chi connectivity index (χ3v) is 4.60. The second-order valence-corrected chi connectivity index (χ2v) is 6.89. The van der Waals surface area contributed by atoms with Crippen LogP contribution in [0, 0.1) is 12.7 Å². The lowest BCUT2D eigenvalue weighted by Gasteiger charge is -2.08. The largest absolute Gasteiger partial charge is 0.356 e. The van der Waals surface area contributed by atoms with Crippen LogP contribution in [0.3, 0.4) is 0 Å². The molecule has 0 saturated carbocycles. The van der Waals surface area contributed by atoms with Gasteiger partial charge in [0.15, 0.2) is 5.76 Å². The Morgan fingerprint density at radius 2 is 1.80 bits per heavy atom. The van der Waals surface area contributed by atoms with E-state index in [4.69, 9.17) is 4.52 Å². The van der Waals surface area contributed by atoms with E-state index in [9.17, 15) is 9.18 Å². The zero-order chi connectivity index (χ0) is 20.9. The summed E-state index contributed by atoms with van der Waals surface area (Å²) in [5.41, 5.74) is 4.92. The zero-order valence-electron chi connectivity index (χ0n) is 16.3. The molecular formula is C23H19FN4O2. The van der Waals surface area contributed by atoms with Gasteiger partial charge < -0.3 is 9.84 Å². The van der Waals surface area contributed by atoms with Gasteiger partial charge in [0.25, 0.3) is 0 Å². The quantitative estimate of drug-likeness (QED) is 0.525. The van der Waals surface area contributed by atoms with Crippen LogP contribution in [0.2, 0.25) is 0 Å². The van der Waals surface area contributed by atoms with Gasteiger partial charge in [0, 0.05) is 24.4 Å².